The molecular weight excluding hydrogens is 529 g/mol. The van der Waals surface area contributed by atoms with Gasteiger partial charge in [0.25, 0.3) is 5.91 Å². The Balaban J connectivity index is 1.37. The van der Waals surface area contributed by atoms with Crippen molar-refractivity contribution in [1.29, 1.82) is 0 Å². The van der Waals surface area contributed by atoms with Crippen LogP contribution in [0.3, 0.4) is 0 Å². The Morgan fingerprint density at radius 3 is 2.69 bits per heavy atom. The first-order valence-electron chi connectivity index (χ1n) is 12.0. The fourth-order valence-corrected chi connectivity index (χ4v) is 5.46. The van der Waals surface area contributed by atoms with Crippen LogP contribution in [0.5, 0.6) is 0 Å². The van der Waals surface area contributed by atoms with E-state index in [9.17, 15) is 19.4 Å². The molecule has 2 aromatic carbocycles. The highest BCUT2D eigenvalue weighted by atomic mass is 79.9. The fraction of sp³-hybridized carbons (Fsp3) is 0.423. The molecule has 1 saturated carbocycles. The summed E-state index contributed by atoms with van der Waals surface area (Å²) >= 11 is 3.25. The lowest BCUT2D eigenvalue weighted by atomic mass is 9.85. The number of aromatic nitrogens is 2. The second-order valence-electron chi connectivity index (χ2n) is 10.2. The van der Waals surface area contributed by atoms with Gasteiger partial charge >= 0.3 is 0 Å². The maximum atomic E-state index is 14.6. The standard InChI is InChI=1S/C26H29BrFN5O3/c1-15(30-23-4-3-8-25(23,2)35)26(36)13-33(14-26)24(34)18-10-16-7-9-29-32-21(16)12-22(18)31-20-6-5-17(27)11-19(20)28/h5-7,9-12,15,23,30-31,35-36H,3-4,8,13-14H2,1-2H3. The van der Waals surface area contributed by atoms with Gasteiger partial charge in [0.15, 0.2) is 0 Å². The lowest BCUT2D eigenvalue weighted by molar-refractivity contribution is -0.106. The van der Waals surface area contributed by atoms with Gasteiger partial charge in [0.05, 0.1) is 47.3 Å². The number of nitrogens with one attached hydrogen (secondary N) is 2. The number of carbonyl (C=O) groups excluding carboxylic acids is 1. The Labute approximate surface area is 217 Å². The van der Waals surface area contributed by atoms with Crippen molar-refractivity contribution in [3.05, 3.63) is 58.4 Å². The SMILES string of the molecule is CC(NC1CCCC1(C)O)C1(O)CN(C(=O)c2cc3ccnnc3cc2Nc2ccc(Br)cc2F)C1. The van der Waals surface area contributed by atoms with Gasteiger partial charge in [0.2, 0.25) is 0 Å². The molecule has 1 amide bonds. The molecule has 0 spiro atoms. The summed E-state index contributed by atoms with van der Waals surface area (Å²) in [7, 11) is 0. The third kappa shape index (κ3) is 4.70. The van der Waals surface area contributed by atoms with Crippen LogP contribution in [0.2, 0.25) is 0 Å². The highest BCUT2D eigenvalue weighted by Gasteiger charge is 2.50. The molecule has 2 heterocycles. The van der Waals surface area contributed by atoms with Crippen molar-refractivity contribution in [2.45, 2.75) is 56.4 Å². The Kier molecular flexibility index (Phi) is 6.48. The summed E-state index contributed by atoms with van der Waals surface area (Å²) in [5, 5.41) is 36.9. The van der Waals surface area contributed by atoms with Crippen molar-refractivity contribution in [1.82, 2.24) is 20.4 Å². The average molecular weight is 558 g/mol. The predicted octanol–water partition coefficient (Wildman–Crippen LogP) is 3.74. The lowest BCUT2D eigenvalue weighted by Gasteiger charge is -2.51. The molecule has 1 aliphatic heterocycles. The van der Waals surface area contributed by atoms with Crippen molar-refractivity contribution >= 4 is 44.1 Å². The maximum Gasteiger partial charge on any atom is 0.256 e. The number of benzene rings is 2. The van der Waals surface area contributed by atoms with E-state index in [0.29, 0.717) is 21.2 Å². The summed E-state index contributed by atoms with van der Waals surface area (Å²) < 4.78 is 15.2. The molecule has 8 nitrogen and oxygen atoms in total. The van der Waals surface area contributed by atoms with Crippen molar-refractivity contribution < 1.29 is 19.4 Å². The first-order chi connectivity index (χ1) is 17.1. The highest BCUT2D eigenvalue weighted by Crippen LogP contribution is 2.35. The summed E-state index contributed by atoms with van der Waals surface area (Å²) in [6.07, 6.45) is 4.05. The van der Waals surface area contributed by atoms with Crippen molar-refractivity contribution in [3.63, 3.8) is 0 Å². The zero-order chi connectivity index (χ0) is 25.7. The first-order valence-corrected chi connectivity index (χ1v) is 12.8. The van der Waals surface area contributed by atoms with Gasteiger partial charge in [0.1, 0.15) is 11.4 Å². The van der Waals surface area contributed by atoms with Crippen LogP contribution in [0, 0.1) is 5.82 Å². The Morgan fingerprint density at radius 1 is 1.22 bits per heavy atom. The van der Waals surface area contributed by atoms with Crippen LogP contribution in [0.1, 0.15) is 43.5 Å². The van der Waals surface area contributed by atoms with E-state index >= 15 is 0 Å². The molecule has 3 atom stereocenters. The molecule has 190 valence electrons. The van der Waals surface area contributed by atoms with Crippen LogP contribution in [0.4, 0.5) is 15.8 Å². The number of hydrogen-bond donors (Lipinski definition) is 4. The van der Waals surface area contributed by atoms with Gasteiger partial charge in [0, 0.05) is 21.9 Å². The molecule has 3 aromatic rings. The van der Waals surface area contributed by atoms with E-state index in [1.54, 1.807) is 41.4 Å². The summed E-state index contributed by atoms with van der Waals surface area (Å²) in [5.74, 6) is -0.749. The highest BCUT2D eigenvalue weighted by molar-refractivity contribution is 9.10. The minimum absolute atomic E-state index is 0.0977. The number of rotatable bonds is 6. The van der Waals surface area contributed by atoms with Crippen LogP contribution in [0.25, 0.3) is 10.9 Å². The zero-order valence-electron chi connectivity index (χ0n) is 20.1. The molecule has 1 aromatic heterocycles. The average Bonchev–Trinajstić information content (AvgIpc) is 3.15. The number of likely N-dealkylation sites (tertiary alicyclic amines) is 1. The second-order valence-corrected chi connectivity index (χ2v) is 11.1. The quantitative estimate of drug-likeness (QED) is 0.365. The molecule has 3 unspecified atom stereocenters. The fourth-order valence-electron chi connectivity index (χ4n) is 5.12. The smallest absolute Gasteiger partial charge is 0.256 e. The third-order valence-electron chi connectivity index (χ3n) is 7.48. The predicted molar refractivity (Wildman–Crippen MR) is 139 cm³/mol. The van der Waals surface area contributed by atoms with Crippen molar-refractivity contribution in [2.75, 3.05) is 18.4 Å². The monoisotopic (exact) mass is 557 g/mol. The molecule has 1 aliphatic carbocycles. The van der Waals surface area contributed by atoms with Gasteiger partial charge in [-0.3, -0.25) is 4.79 Å². The molecule has 0 radical (unpaired) electrons. The van der Waals surface area contributed by atoms with Crippen molar-refractivity contribution in [3.8, 4) is 0 Å². The van der Waals surface area contributed by atoms with Gasteiger partial charge < -0.3 is 25.7 Å². The van der Waals surface area contributed by atoms with Crippen molar-refractivity contribution in [2.24, 2.45) is 0 Å². The second kappa shape index (κ2) is 9.33. The van der Waals surface area contributed by atoms with Gasteiger partial charge in [-0.1, -0.05) is 15.9 Å². The number of fused-ring (bicyclic) bond motifs is 1. The summed E-state index contributed by atoms with van der Waals surface area (Å²) in [6, 6.07) is 9.37. The normalized spacial score (nSPS) is 23.9. The van der Waals surface area contributed by atoms with Gasteiger partial charge in [-0.25, -0.2) is 4.39 Å². The molecular formula is C26H29BrFN5O3. The first kappa shape index (κ1) is 25.0. The van der Waals surface area contributed by atoms with Gasteiger partial charge in [-0.05, 0) is 69.5 Å². The molecule has 1 saturated heterocycles. The van der Waals surface area contributed by atoms with Crippen LogP contribution in [-0.2, 0) is 0 Å². The van der Waals surface area contributed by atoms with E-state index in [1.165, 1.54) is 6.07 Å². The van der Waals surface area contributed by atoms with E-state index in [1.807, 2.05) is 13.8 Å². The Morgan fingerprint density at radius 2 is 2.00 bits per heavy atom. The van der Waals surface area contributed by atoms with Crippen LogP contribution < -0.4 is 10.6 Å². The maximum absolute atomic E-state index is 14.6. The summed E-state index contributed by atoms with van der Waals surface area (Å²) in [6.45, 7) is 3.99. The number of nitrogens with zero attached hydrogens (tertiary/aromatic N) is 3. The zero-order valence-corrected chi connectivity index (χ0v) is 21.7. The molecule has 5 rings (SSSR count). The third-order valence-corrected chi connectivity index (χ3v) is 7.98. The minimum atomic E-state index is -1.11. The van der Waals surface area contributed by atoms with Crippen LogP contribution in [0.15, 0.2) is 47.1 Å². The molecule has 10 heteroatoms. The summed E-state index contributed by atoms with van der Waals surface area (Å²) in [4.78, 5) is 15.1. The minimum Gasteiger partial charge on any atom is -0.389 e. The van der Waals surface area contributed by atoms with E-state index in [4.69, 9.17) is 0 Å². The Bertz CT molecular complexity index is 1310. The van der Waals surface area contributed by atoms with Gasteiger partial charge in [-0.2, -0.15) is 10.2 Å². The largest absolute Gasteiger partial charge is 0.389 e. The van der Waals surface area contributed by atoms with Crippen LogP contribution >= 0.6 is 15.9 Å². The number of amides is 1. The molecule has 36 heavy (non-hydrogen) atoms. The number of anilines is 2. The number of halogens is 2. The number of β-amino-alcohol motifs (C(OH)–C–C–N with tert-alkyl or cyclic N) is 1. The van der Waals surface area contributed by atoms with E-state index in [-0.39, 0.29) is 36.8 Å². The van der Waals surface area contributed by atoms with Crippen LogP contribution in [-0.4, -0.2) is 67.6 Å². The van der Waals surface area contributed by atoms with E-state index in [0.717, 1.165) is 24.6 Å². The number of aliphatic hydroxyl groups is 2. The van der Waals surface area contributed by atoms with E-state index in [2.05, 4.69) is 36.8 Å². The molecule has 2 aliphatic rings. The molecule has 2 fully saturated rings. The lowest BCUT2D eigenvalue weighted by Crippen LogP contribution is -2.72. The molecule has 0 bridgehead atoms. The topological polar surface area (TPSA) is 111 Å². The number of hydrogen-bond acceptors (Lipinski definition) is 7. The van der Waals surface area contributed by atoms with E-state index < -0.39 is 17.0 Å². The van der Waals surface area contributed by atoms with Gasteiger partial charge in [-0.15, -0.1) is 0 Å². The summed E-state index contributed by atoms with van der Waals surface area (Å²) in [5.41, 5.74) is -0.382. The molecule has 4 N–H and O–H groups in total. The Hall–Kier alpha value is -2.66. The number of carbonyl (C=O) groups is 1.